The molecule has 0 saturated heterocycles. The number of hydrogen-bond donors (Lipinski definition) is 2. The van der Waals surface area contributed by atoms with Crippen molar-refractivity contribution in [2.45, 2.75) is 19.1 Å². The molecule has 0 aliphatic heterocycles. The number of nitrogens with two attached hydrogens (primary N) is 1. The third kappa shape index (κ3) is 6.54. The van der Waals surface area contributed by atoms with Crippen molar-refractivity contribution < 1.29 is 9.53 Å². The lowest BCUT2D eigenvalue weighted by Crippen LogP contribution is -2.43. The minimum Gasteiger partial charge on any atom is -0.383 e. The van der Waals surface area contributed by atoms with Gasteiger partial charge in [-0.05, 0) is 11.1 Å². The molecule has 1 aromatic heterocycles. The van der Waals surface area contributed by atoms with E-state index >= 15 is 0 Å². The van der Waals surface area contributed by atoms with Crippen LogP contribution in [0.3, 0.4) is 0 Å². The molecule has 1 atom stereocenters. The topological polar surface area (TPSA) is 95.1 Å². The fraction of sp³-hybridized carbons (Fsp3) is 0.357. The van der Waals surface area contributed by atoms with Crippen LogP contribution in [0, 0.1) is 0 Å². The molecule has 0 radical (unpaired) electrons. The second kappa shape index (κ2) is 11.0. The number of amides is 1. The zero-order valence-corrected chi connectivity index (χ0v) is 14.3. The fourth-order valence-electron chi connectivity index (χ4n) is 1.94. The first kappa shape index (κ1) is 21.3. The van der Waals surface area contributed by atoms with Gasteiger partial charge in [-0.15, -0.1) is 24.8 Å². The van der Waals surface area contributed by atoms with Crippen molar-refractivity contribution in [3.05, 3.63) is 48.0 Å². The maximum Gasteiger partial charge on any atom is 0.239 e. The predicted molar refractivity (Wildman–Crippen MR) is 91.8 cm³/mol. The minimum absolute atomic E-state index is 0. The van der Waals surface area contributed by atoms with Gasteiger partial charge in [0.05, 0.1) is 13.2 Å². The molecule has 0 aliphatic carbocycles. The van der Waals surface area contributed by atoms with Gasteiger partial charge in [0.15, 0.2) is 0 Å². The zero-order chi connectivity index (χ0) is 15.1. The highest BCUT2D eigenvalue weighted by molar-refractivity contribution is 5.85. The van der Waals surface area contributed by atoms with E-state index in [1.807, 2.05) is 24.3 Å². The number of aromatic nitrogens is 3. The SMILES string of the molecule is COCC(N)C(=O)NCc1ccccc1Cn1cncn1.Cl.Cl. The van der Waals surface area contributed by atoms with E-state index in [9.17, 15) is 4.79 Å². The van der Waals surface area contributed by atoms with Crippen LogP contribution in [0.1, 0.15) is 11.1 Å². The Bertz CT molecular complexity index is 580. The van der Waals surface area contributed by atoms with E-state index in [4.69, 9.17) is 10.5 Å². The molecule has 9 heteroatoms. The van der Waals surface area contributed by atoms with Gasteiger partial charge in [0.1, 0.15) is 18.7 Å². The van der Waals surface area contributed by atoms with Crippen LogP contribution in [0.5, 0.6) is 0 Å². The Kier molecular flexibility index (Phi) is 10.2. The van der Waals surface area contributed by atoms with Gasteiger partial charge in [-0.3, -0.25) is 4.79 Å². The predicted octanol–water partition coefficient (Wildman–Crippen LogP) is 0.760. The first-order valence-corrected chi connectivity index (χ1v) is 6.62. The molecule has 1 unspecified atom stereocenters. The summed E-state index contributed by atoms with van der Waals surface area (Å²) in [6.07, 6.45) is 3.15. The monoisotopic (exact) mass is 361 g/mol. The van der Waals surface area contributed by atoms with Gasteiger partial charge < -0.3 is 15.8 Å². The molecule has 128 valence electrons. The Labute approximate surface area is 147 Å². The fourth-order valence-corrected chi connectivity index (χ4v) is 1.94. The molecule has 3 N–H and O–H groups in total. The first-order valence-electron chi connectivity index (χ1n) is 6.62. The second-order valence-corrected chi connectivity index (χ2v) is 4.64. The number of halogens is 2. The number of carbonyl (C=O) groups excluding carboxylic acids is 1. The minimum atomic E-state index is -0.655. The Balaban J connectivity index is 0.00000242. The number of rotatable bonds is 7. The maximum absolute atomic E-state index is 11.8. The Morgan fingerprint density at radius 2 is 2.04 bits per heavy atom. The van der Waals surface area contributed by atoms with Crippen LogP contribution >= 0.6 is 24.8 Å². The van der Waals surface area contributed by atoms with Crippen molar-refractivity contribution in [1.29, 1.82) is 0 Å². The molecule has 23 heavy (non-hydrogen) atoms. The molecule has 0 aliphatic rings. The van der Waals surface area contributed by atoms with Crippen molar-refractivity contribution in [1.82, 2.24) is 20.1 Å². The van der Waals surface area contributed by atoms with Crippen LogP contribution in [-0.4, -0.2) is 40.4 Å². The summed E-state index contributed by atoms with van der Waals surface area (Å²) in [7, 11) is 1.51. The summed E-state index contributed by atoms with van der Waals surface area (Å²) < 4.78 is 6.60. The molecule has 1 amide bonds. The molecule has 7 nitrogen and oxygen atoms in total. The van der Waals surface area contributed by atoms with Crippen LogP contribution in [-0.2, 0) is 22.6 Å². The lowest BCUT2D eigenvalue weighted by Gasteiger charge is -2.13. The van der Waals surface area contributed by atoms with Crippen LogP contribution in [0.4, 0.5) is 0 Å². The molecule has 0 fully saturated rings. The van der Waals surface area contributed by atoms with Crippen molar-refractivity contribution >= 4 is 30.7 Å². The number of ether oxygens (including phenoxy) is 1. The van der Waals surface area contributed by atoms with Crippen LogP contribution < -0.4 is 11.1 Å². The summed E-state index contributed by atoms with van der Waals surface area (Å²) >= 11 is 0. The van der Waals surface area contributed by atoms with Gasteiger partial charge >= 0.3 is 0 Å². The van der Waals surface area contributed by atoms with Crippen molar-refractivity contribution in [3.63, 3.8) is 0 Å². The lowest BCUT2D eigenvalue weighted by atomic mass is 10.1. The van der Waals surface area contributed by atoms with E-state index < -0.39 is 6.04 Å². The van der Waals surface area contributed by atoms with E-state index in [1.165, 1.54) is 13.4 Å². The normalized spacial score (nSPS) is 11.0. The van der Waals surface area contributed by atoms with Gasteiger partial charge in [0.2, 0.25) is 5.91 Å². The number of nitrogens with one attached hydrogen (secondary N) is 1. The molecule has 1 aromatic carbocycles. The summed E-state index contributed by atoms with van der Waals surface area (Å²) in [5.41, 5.74) is 7.77. The Morgan fingerprint density at radius 1 is 1.35 bits per heavy atom. The lowest BCUT2D eigenvalue weighted by molar-refractivity contribution is -0.123. The molecular formula is C14H21Cl2N5O2. The quantitative estimate of drug-likeness (QED) is 0.758. The summed E-state index contributed by atoms with van der Waals surface area (Å²) in [4.78, 5) is 15.7. The van der Waals surface area contributed by atoms with Crippen LogP contribution in [0.15, 0.2) is 36.9 Å². The second-order valence-electron chi connectivity index (χ2n) is 4.64. The smallest absolute Gasteiger partial charge is 0.239 e. The largest absolute Gasteiger partial charge is 0.383 e. The number of hydrogen-bond acceptors (Lipinski definition) is 5. The Hall–Kier alpha value is -1.67. The third-order valence-electron chi connectivity index (χ3n) is 3.05. The highest BCUT2D eigenvalue weighted by Crippen LogP contribution is 2.10. The van der Waals surface area contributed by atoms with E-state index in [0.29, 0.717) is 13.1 Å². The van der Waals surface area contributed by atoms with Gasteiger partial charge in [0.25, 0.3) is 0 Å². The van der Waals surface area contributed by atoms with Gasteiger partial charge in [-0.25, -0.2) is 9.67 Å². The first-order chi connectivity index (χ1) is 10.2. The van der Waals surface area contributed by atoms with Gasteiger partial charge in [-0.1, -0.05) is 24.3 Å². The molecule has 0 bridgehead atoms. The average molecular weight is 362 g/mol. The number of benzene rings is 1. The number of carbonyl (C=O) groups is 1. The molecule has 0 spiro atoms. The zero-order valence-electron chi connectivity index (χ0n) is 12.7. The Morgan fingerprint density at radius 3 is 2.65 bits per heavy atom. The van der Waals surface area contributed by atoms with Gasteiger partial charge in [0, 0.05) is 13.7 Å². The molecule has 2 aromatic rings. The van der Waals surface area contributed by atoms with Crippen LogP contribution in [0.25, 0.3) is 0 Å². The molecule has 2 rings (SSSR count). The number of nitrogens with zero attached hydrogens (tertiary/aromatic N) is 3. The molecule has 0 saturated carbocycles. The van der Waals surface area contributed by atoms with E-state index in [0.717, 1.165) is 11.1 Å². The standard InChI is InChI=1S/C14H19N5O2.2ClH/c1-21-8-13(15)14(20)17-6-11-4-2-3-5-12(11)7-19-10-16-9-18-19;;/h2-5,9-10,13H,6-8,15H2,1H3,(H,17,20);2*1H. The highest BCUT2D eigenvalue weighted by Gasteiger charge is 2.13. The van der Waals surface area contributed by atoms with E-state index in [-0.39, 0.29) is 37.3 Å². The molecular weight excluding hydrogens is 341 g/mol. The highest BCUT2D eigenvalue weighted by atomic mass is 35.5. The van der Waals surface area contributed by atoms with E-state index in [2.05, 4.69) is 15.4 Å². The molecule has 1 heterocycles. The van der Waals surface area contributed by atoms with Crippen molar-refractivity contribution in [2.24, 2.45) is 5.73 Å². The summed E-state index contributed by atoms with van der Waals surface area (Å²) in [5.74, 6) is -0.229. The van der Waals surface area contributed by atoms with Crippen LogP contribution in [0.2, 0.25) is 0 Å². The summed E-state index contributed by atoms with van der Waals surface area (Å²) in [5, 5.41) is 6.90. The van der Waals surface area contributed by atoms with Crippen molar-refractivity contribution in [3.8, 4) is 0 Å². The maximum atomic E-state index is 11.8. The summed E-state index contributed by atoms with van der Waals surface area (Å²) in [6, 6.07) is 7.19. The third-order valence-corrected chi connectivity index (χ3v) is 3.05. The van der Waals surface area contributed by atoms with Crippen molar-refractivity contribution in [2.75, 3.05) is 13.7 Å². The van der Waals surface area contributed by atoms with Gasteiger partial charge in [-0.2, -0.15) is 5.10 Å². The number of methoxy groups -OCH3 is 1. The summed E-state index contributed by atoms with van der Waals surface area (Å²) in [6.45, 7) is 1.23. The average Bonchev–Trinajstić information content (AvgIpc) is 2.99. The van der Waals surface area contributed by atoms with E-state index in [1.54, 1.807) is 11.0 Å².